The number of piperidine rings is 1. The fourth-order valence-corrected chi connectivity index (χ4v) is 4.28. The van der Waals surface area contributed by atoms with Gasteiger partial charge in [-0.25, -0.2) is 4.98 Å². The van der Waals surface area contributed by atoms with E-state index in [1.807, 2.05) is 30.6 Å². The number of likely N-dealkylation sites (tertiary alicyclic amines) is 1. The van der Waals surface area contributed by atoms with Gasteiger partial charge in [-0.05, 0) is 43.2 Å². The Morgan fingerprint density at radius 3 is 2.65 bits per heavy atom. The number of aromatic nitrogens is 2. The van der Waals surface area contributed by atoms with Gasteiger partial charge in [0.1, 0.15) is 0 Å². The summed E-state index contributed by atoms with van der Waals surface area (Å²) in [5, 5.41) is 3.65. The van der Waals surface area contributed by atoms with Crippen LogP contribution >= 0.6 is 11.6 Å². The predicted octanol–water partition coefficient (Wildman–Crippen LogP) is 4.37. The molecule has 0 aliphatic carbocycles. The number of carbonyl (C=O) groups excluding carboxylic acids is 1. The molecule has 2 heterocycles. The highest BCUT2D eigenvalue weighted by molar-refractivity contribution is 6.31. The molecule has 0 unspecified atom stereocenters. The van der Waals surface area contributed by atoms with Gasteiger partial charge in [0, 0.05) is 48.9 Å². The quantitative estimate of drug-likeness (QED) is 0.588. The van der Waals surface area contributed by atoms with Crippen LogP contribution in [0.25, 0.3) is 11.0 Å². The van der Waals surface area contributed by atoms with Crippen molar-refractivity contribution in [1.29, 1.82) is 0 Å². The molecule has 2 aromatic carbocycles. The van der Waals surface area contributed by atoms with Crippen LogP contribution in [0.4, 0.5) is 5.69 Å². The average Bonchev–Trinajstić information content (AvgIpc) is 3.21. The Kier molecular flexibility index (Phi) is 6.63. The summed E-state index contributed by atoms with van der Waals surface area (Å²) in [6.07, 6.45) is 4.43. The first-order chi connectivity index (χ1) is 15.1. The van der Waals surface area contributed by atoms with E-state index in [0.717, 1.165) is 43.5 Å². The van der Waals surface area contributed by atoms with E-state index in [1.54, 1.807) is 26.4 Å². The molecular weight excluding hydrogens is 416 g/mol. The second-order valence-corrected chi connectivity index (χ2v) is 8.16. The number of hydrogen-bond acceptors (Lipinski definition) is 5. The first kappa shape index (κ1) is 21.5. The maximum atomic E-state index is 12.4. The molecule has 164 valence electrons. The number of fused-ring (bicyclic) bond motifs is 1. The van der Waals surface area contributed by atoms with E-state index in [2.05, 4.69) is 19.8 Å². The van der Waals surface area contributed by atoms with Crippen LogP contribution in [0, 0.1) is 0 Å². The SMILES string of the molecule is COc1ccc(NC(=O)CCN2CCC(n3cnc4cc(Cl)ccc43)CC2)cc1OC. The molecule has 1 fully saturated rings. The standard InChI is InChI=1S/C23H27ClN4O3/c1-30-21-6-4-17(14-22(21)31-2)26-23(29)9-12-27-10-7-18(8-11-27)28-15-25-19-13-16(24)3-5-20(19)28/h3-6,13-15,18H,7-12H2,1-2H3,(H,26,29). The summed E-state index contributed by atoms with van der Waals surface area (Å²) in [7, 11) is 3.17. The van der Waals surface area contributed by atoms with Crippen LogP contribution in [-0.2, 0) is 4.79 Å². The van der Waals surface area contributed by atoms with E-state index < -0.39 is 0 Å². The fourth-order valence-electron chi connectivity index (χ4n) is 4.11. The Labute approximate surface area is 186 Å². The maximum Gasteiger partial charge on any atom is 0.225 e. The summed E-state index contributed by atoms with van der Waals surface area (Å²) in [6.45, 7) is 2.66. The number of hydrogen-bond donors (Lipinski definition) is 1. The van der Waals surface area contributed by atoms with Gasteiger partial charge in [0.25, 0.3) is 0 Å². The van der Waals surface area contributed by atoms with Gasteiger partial charge in [0.05, 0.1) is 31.6 Å². The number of methoxy groups -OCH3 is 2. The van der Waals surface area contributed by atoms with E-state index in [0.29, 0.717) is 34.7 Å². The number of halogens is 1. The molecule has 0 spiro atoms. The van der Waals surface area contributed by atoms with Crippen molar-refractivity contribution in [2.75, 3.05) is 39.2 Å². The summed E-state index contributed by atoms with van der Waals surface area (Å²) < 4.78 is 12.8. The second kappa shape index (κ2) is 9.58. The number of rotatable bonds is 7. The summed E-state index contributed by atoms with van der Waals surface area (Å²) in [5.74, 6) is 1.22. The molecule has 4 rings (SSSR count). The van der Waals surface area contributed by atoms with Crippen LogP contribution in [-0.4, -0.2) is 54.2 Å². The van der Waals surface area contributed by atoms with Gasteiger partial charge >= 0.3 is 0 Å². The largest absolute Gasteiger partial charge is 0.493 e. The third-order valence-electron chi connectivity index (χ3n) is 5.81. The number of nitrogens with zero attached hydrogens (tertiary/aromatic N) is 3. The van der Waals surface area contributed by atoms with Crippen molar-refractivity contribution in [3.63, 3.8) is 0 Å². The van der Waals surface area contributed by atoms with Gasteiger partial charge in [-0.1, -0.05) is 11.6 Å². The van der Waals surface area contributed by atoms with Gasteiger partial charge in [-0.3, -0.25) is 4.79 Å². The molecular formula is C23H27ClN4O3. The highest BCUT2D eigenvalue weighted by atomic mass is 35.5. The molecule has 1 amide bonds. The first-order valence-corrected chi connectivity index (χ1v) is 10.8. The summed E-state index contributed by atoms with van der Waals surface area (Å²) in [6, 6.07) is 11.6. The minimum Gasteiger partial charge on any atom is -0.493 e. The van der Waals surface area contributed by atoms with Gasteiger partial charge in [-0.15, -0.1) is 0 Å². The Balaban J connectivity index is 1.27. The Morgan fingerprint density at radius 1 is 1.13 bits per heavy atom. The van der Waals surface area contributed by atoms with E-state index in [4.69, 9.17) is 21.1 Å². The molecule has 0 saturated carbocycles. The zero-order chi connectivity index (χ0) is 21.8. The molecule has 1 aromatic heterocycles. The lowest BCUT2D eigenvalue weighted by Gasteiger charge is -2.32. The lowest BCUT2D eigenvalue weighted by atomic mass is 10.0. The van der Waals surface area contributed by atoms with Gasteiger partial charge < -0.3 is 24.3 Å². The summed E-state index contributed by atoms with van der Waals surface area (Å²) in [4.78, 5) is 19.2. The number of nitrogens with one attached hydrogen (secondary N) is 1. The zero-order valence-corrected chi connectivity index (χ0v) is 18.6. The van der Waals surface area contributed by atoms with Crippen molar-refractivity contribution in [2.45, 2.75) is 25.3 Å². The van der Waals surface area contributed by atoms with E-state index in [1.165, 1.54) is 0 Å². The molecule has 0 radical (unpaired) electrons. The van der Waals surface area contributed by atoms with Crippen LogP contribution in [0.5, 0.6) is 11.5 Å². The molecule has 0 atom stereocenters. The van der Waals surface area contributed by atoms with Crippen LogP contribution in [0.15, 0.2) is 42.7 Å². The number of benzene rings is 2. The van der Waals surface area contributed by atoms with Crippen molar-refractivity contribution in [3.8, 4) is 11.5 Å². The van der Waals surface area contributed by atoms with Crippen LogP contribution < -0.4 is 14.8 Å². The zero-order valence-electron chi connectivity index (χ0n) is 17.8. The lowest BCUT2D eigenvalue weighted by Crippen LogP contribution is -2.36. The minimum absolute atomic E-state index is 0.00757. The Morgan fingerprint density at radius 2 is 1.90 bits per heavy atom. The highest BCUT2D eigenvalue weighted by Gasteiger charge is 2.22. The maximum absolute atomic E-state index is 12.4. The van der Waals surface area contributed by atoms with Gasteiger partial charge in [-0.2, -0.15) is 0 Å². The van der Waals surface area contributed by atoms with Gasteiger partial charge in [0.2, 0.25) is 5.91 Å². The third kappa shape index (κ3) is 4.94. The molecule has 7 nitrogen and oxygen atoms in total. The number of anilines is 1. The molecule has 1 N–H and O–H groups in total. The minimum atomic E-state index is -0.00757. The number of amides is 1. The topological polar surface area (TPSA) is 68.6 Å². The van der Waals surface area contributed by atoms with E-state index in [9.17, 15) is 4.79 Å². The molecule has 0 bridgehead atoms. The molecule has 3 aromatic rings. The summed E-state index contributed by atoms with van der Waals surface area (Å²) in [5.41, 5.74) is 2.76. The highest BCUT2D eigenvalue weighted by Crippen LogP contribution is 2.30. The molecule has 1 aliphatic rings. The monoisotopic (exact) mass is 442 g/mol. The average molecular weight is 443 g/mol. The van der Waals surface area contributed by atoms with Crippen molar-refractivity contribution in [3.05, 3.63) is 47.7 Å². The van der Waals surface area contributed by atoms with Gasteiger partial charge in [0.15, 0.2) is 11.5 Å². The van der Waals surface area contributed by atoms with Crippen molar-refractivity contribution >= 4 is 34.2 Å². The fraction of sp³-hybridized carbons (Fsp3) is 0.391. The van der Waals surface area contributed by atoms with Crippen molar-refractivity contribution in [1.82, 2.24) is 14.5 Å². The summed E-state index contributed by atoms with van der Waals surface area (Å²) >= 11 is 6.07. The van der Waals surface area contributed by atoms with E-state index in [-0.39, 0.29) is 5.91 Å². The second-order valence-electron chi connectivity index (χ2n) is 7.73. The number of carbonyl (C=O) groups is 1. The Bertz CT molecular complexity index is 1060. The smallest absolute Gasteiger partial charge is 0.225 e. The normalized spacial score (nSPS) is 15.2. The van der Waals surface area contributed by atoms with Crippen molar-refractivity contribution < 1.29 is 14.3 Å². The van der Waals surface area contributed by atoms with Crippen molar-refractivity contribution in [2.24, 2.45) is 0 Å². The number of ether oxygens (including phenoxy) is 2. The predicted molar refractivity (Wildman–Crippen MR) is 122 cm³/mol. The number of imidazole rings is 1. The Hall–Kier alpha value is -2.77. The van der Waals surface area contributed by atoms with E-state index >= 15 is 0 Å². The first-order valence-electron chi connectivity index (χ1n) is 10.4. The molecule has 31 heavy (non-hydrogen) atoms. The van der Waals surface area contributed by atoms with Crippen LogP contribution in [0.3, 0.4) is 0 Å². The molecule has 8 heteroatoms. The lowest BCUT2D eigenvalue weighted by molar-refractivity contribution is -0.116. The van der Waals surface area contributed by atoms with Crippen LogP contribution in [0.2, 0.25) is 5.02 Å². The molecule has 1 aliphatic heterocycles. The molecule has 1 saturated heterocycles. The third-order valence-corrected chi connectivity index (χ3v) is 6.04. The van der Waals surface area contributed by atoms with Crippen LogP contribution in [0.1, 0.15) is 25.3 Å².